The quantitative estimate of drug-likeness (QED) is 0.616. The molecule has 0 N–H and O–H groups in total. The molecule has 3 nitrogen and oxygen atoms in total. The summed E-state index contributed by atoms with van der Waals surface area (Å²) in [6, 6.07) is 4.20. The van der Waals surface area contributed by atoms with Crippen LogP contribution in [0, 0.1) is 5.82 Å². The molecule has 4 heteroatoms. The molecule has 0 spiro atoms. The summed E-state index contributed by atoms with van der Waals surface area (Å²) in [5.41, 5.74) is 0.633. The number of hydrogen-bond acceptors (Lipinski definition) is 2. The van der Waals surface area contributed by atoms with Crippen molar-refractivity contribution in [3.8, 4) is 0 Å². The van der Waals surface area contributed by atoms with E-state index in [-0.39, 0.29) is 11.7 Å². The number of carbonyl (C=O) groups is 1. The van der Waals surface area contributed by atoms with E-state index in [1.807, 2.05) is 0 Å². The summed E-state index contributed by atoms with van der Waals surface area (Å²) in [6.45, 7) is 1.41. The second-order valence-corrected chi connectivity index (χ2v) is 2.78. The van der Waals surface area contributed by atoms with Crippen LogP contribution in [0.5, 0.6) is 0 Å². The molecule has 1 aromatic heterocycles. The van der Waals surface area contributed by atoms with Crippen LogP contribution >= 0.6 is 0 Å². The molecule has 0 unspecified atom stereocenters. The summed E-state index contributed by atoms with van der Waals surface area (Å²) >= 11 is 0. The zero-order valence-corrected chi connectivity index (χ0v) is 6.99. The molecule has 1 heterocycles. The van der Waals surface area contributed by atoms with Crippen LogP contribution in [0.25, 0.3) is 10.9 Å². The topological polar surface area (TPSA) is 34.9 Å². The molecule has 1 aromatic carbocycles. The zero-order valence-electron chi connectivity index (χ0n) is 6.99. The molecule has 0 aliphatic carbocycles. The molecule has 0 radical (unpaired) electrons. The lowest BCUT2D eigenvalue weighted by atomic mass is 10.2. The molecule has 0 bridgehead atoms. The predicted molar refractivity (Wildman–Crippen MR) is 46.0 cm³/mol. The molecule has 0 fully saturated rings. The summed E-state index contributed by atoms with van der Waals surface area (Å²) in [6.07, 6.45) is 1.47. The van der Waals surface area contributed by atoms with Crippen molar-refractivity contribution in [2.45, 2.75) is 6.92 Å². The van der Waals surface area contributed by atoms with Gasteiger partial charge in [0.2, 0.25) is 5.91 Å². The van der Waals surface area contributed by atoms with Crippen molar-refractivity contribution in [2.24, 2.45) is 0 Å². The number of benzene rings is 1. The lowest BCUT2D eigenvalue weighted by molar-refractivity contribution is 0.0927. The first-order valence-electron chi connectivity index (χ1n) is 3.83. The maximum absolute atomic E-state index is 12.7. The Morgan fingerprint density at radius 2 is 2.31 bits per heavy atom. The van der Waals surface area contributed by atoms with Crippen LogP contribution in [0.3, 0.4) is 0 Å². The van der Waals surface area contributed by atoms with Gasteiger partial charge in [-0.2, -0.15) is 5.10 Å². The van der Waals surface area contributed by atoms with Crippen molar-refractivity contribution in [2.75, 3.05) is 0 Å². The maximum atomic E-state index is 12.7. The van der Waals surface area contributed by atoms with E-state index < -0.39 is 0 Å². The van der Waals surface area contributed by atoms with Crippen molar-refractivity contribution in [1.29, 1.82) is 0 Å². The van der Waals surface area contributed by atoms with E-state index in [0.717, 1.165) is 0 Å². The minimum atomic E-state index is -0.324. The average molecular weight is 178 g/mol. The standard InChI is InChI=1S/C9H7FN2O/c1-6(13)12-9-3-2-8(10)4-7(9)5-11-12/h2-5H,1H3. The smallest absolute Gasteiger partial charge is 0.244 e. The van der Waals surface area contributed by atoms with Gasteiger partial charge >= 0.3 is 0 Å². The Morgan fingerprint density at radius 1 is 1.54 bits per heavy atom. The highest BCUT2D eigenvalue weighted by Gasteiger charge is 2.05. The van der Waals surface area contributed by atoms with Gasteiger partial charge in [0.05, 0.1) is 11.7 Å². The fourth-order valence-corrected chi connectivity index (χ4v) is 1.25. The molecular weight excluding hydrogens is 171 g/mol. The molecule has 0 atom stereocenters. The second-order valence-electron chi connectivity index (χ2n) is 2.78. The summed E-state index contributed by atoms with van der Waals surface area (Å²) in [5, 5.41) is 4.47. The molecule has 2 aromatic rings. The predicted octanol–water partition coefficient (Wildman–Crippen LogP) is 1.84. The number of halogens is 1. The van der Waals surface area contributed by atoms with Crippen LogP contribution in [0.2, 0.25) is 0 Å². The molecule has 2 rings (SSSR count). The largest absolute Gasteiger partial charge is 0.273 e. The van der Waals surface area contributed by atoms with E-state index in [4.69, 9.17) is 0 Å². The number of carbonyl (C=O) groups excluding carboxylic acids is 1. The van der Waals surface area contributed by atoms with Gasteiger partial charge in [0.1, 0.15) is 5.82 Å². The third-order valence-corrected chi connectivity index (χ3v) is 1.83. The van der Waals surface area contributed by atoms with Crippen LogP contribution in [-0.2, 0) is 0 Å². The number of aromatic nitrogens is 2. The van der Waals surface area contributed by atoms with Crippen molar-refractivity contribution in [3.05, 3.63) is 30.2 Å². The van der Waals surface area contributed by atoms with E-state index >= 15 is 0 Å². The van der Waals surface area contributed by atoms with E-state index in [0.29, 0.717) is 10.9 Å². The Labute approximate surface area is 73.8 Å². The van der Waals surface area contributed by atoms with Crippen molar-refractivity contribution < 1.29 is 9.18 Å². The molecule has 0 aliphatic heterocycles. The highest BCUT2D eigenvalue weighted by molar-refractivity contribution is 5.89. The fourth-order valence-electron chi connectivity index (χ4n) is 1.25. The van der Waals surface area contributed by atoms with Gasteiger partial charge in [0.15, 0.2) is 0 Å². The minimum absolute atomic E-state index is 0.179. The Morgan fingerprint density at radius 3 is 3.00 bits per heavy atom. The molecule has 13 heavy (non-hydrogen) atoms. The molecule has 0 amide bonds. The Kier molecular flexibility index (Phi) is 1.62. The van der Waals surface area contributed by atoms with Crippen LogP contribution in [0.15, 0.2) is 24.4 Å². The van der Waals surface area contributed by atoms with Gasteiger partial charge < -0.3 is 0 Å². The molecule has 0 aliphatic rings. The van der Waals surface area contributed by atoms with Gasteiger partial charge in [0, 0.05) is 12.3 Å². The maximum Gasteiger partial charge on any atom is 0.244 e. The van der Waals surface area contributed by atoms with Gasteiger partial charge in [0.25, 0.3) is 0 Å². The summed E-state index contributed by atoms with van der Waals surface area (Å²) in [7, 11) is 0. The zero-order chi connectivity index (χ0) is 9.42. The fraction of sp³-hybridized carbons (Fsp3) is 0.111. The average Bonchev–Trinajstić information content (AvgIpc) is 2.46. The van der Waals surface area contributed by atoms with Crippen molar-refractivity contribution in [1.82, 2.24) is 9.78 Å². The Bertz CT molecular complexity index is 475. The monoisotopic (exact) mass is 178 g/mol. The minimum Gasteiger partial charge on any atom is -0.273 e. The first-order valence-corrected chi connectivity index (χ1v) is 3.83. The number of fused-ring (bicyclic) bond motifs is 1. The van der Waals surface area contributed by atoms with E-state index in [1.54, 1.807) is 6.07 Å². The first-order chi connectivity index (χ1) is 6.18. The SMILES string of the molecule is CC(=O)n1ncc2cc(F)ccc21. The number of nitrogens with zero attached hydrogens (tertiary/aromatic N) is 2. The van der Waals surface area contributed by atoms with E-state index in [2.05, 4.69) is 5.10 Å². The summed E-state index contributed by atoms with van der Waals surface area (Å²) in [4.78, 5) is 11.0. The van der Waals surface area contributed by atoms with Crippen molar-refractivity contribution in [3.63, 3.8) is 0 Å². The third kappa shape index (κ3) is 1.20. The van der Waals surface area contributed by atoms with Crippen molar-refractivity contribution >= 4 is 16.8 Å². The van der Waals surface area contributed by atoms with Crippen LogP contribution in [0.1, 0.15) is 11.7 Å². The van der Waals surface area contributed by atoms with Crippen LogP contribution in [0.4, 0.5) is 4.39 Å². The summed E-state index contributed by atoms with van der Waals surface area (Å²) < 4.78 is 14.0. The van der Waals surface area contributed by atoms with Gasteiger partial charge in [-0.25, -0.2) is 9.07 Å². The molecule has 66 valence electrons. The number of hydrogen-bond donors (Lipinski definition) is 0. The van der Waals surface area contributed by atoms with Crippen LogP contribution in [-0.4, -0.2) is 15.7 Å². The van der Waals surface area contributed by atoms with Gasteiger partial charge in [-0.15, -0.1) is 0 Å². The highest BCUT2D eigenvalue weighted by atomic mass is 19.1. The van der Waals surface area contributed by atoms with Gasteiger partial charge in [-0.05, 0) is 18.2 Å². The molecule has 0 saturated heterocycles. The normalized spacial score (nSPS) is 10.6. The lowest BCUT2D eigenvalue weighted by Crippen LogP contribution is -2.06. The Hall–Kier alpha value is -1.71. The molecular formula is C9H7FN2O. The highest BCUT2D eigenvalue weighted by Crippen LogP contribution is 2.14. The van der Waals surface area contributed by atoms with Gasteiger partial charge in [-0.3, -0.25) is 4.79 Å². The van der Waals surface area contributed by atoms with Gasteiger partial charge in [-0.1, -0.05) is 0 Å². The van der Waals surface area contributed by atoms with E-state index in [1.165, 1.54) is 29.9 Å². The molecule has 0 saturated carbocycles. The summed E-state index contributed by atoms with van der Waals surface area (Å²) in [5.74, 6) is -0.503. The Balaban J connectivity index is 2.76. The lowest BCUT2D eigenvalue weighted by Gasteiger charge is -1.95. The first kappa shape index (κ1) is 7.91. The number of rotatable bonds is 0. The van der Waals surface area contributed by atoms with Crippen LogP contribution < -0.4 is 0 Å². The van der Waals surface area contributed by atoms with E-state index in [9.17, 15) is 9.18 Å². The third-order valence-electron chi connectivity index (χ3n) is 1.83. The second kappa shape index (κ2) is 2.65.